The molecule has 14 heavy (non-hydrogen) atoms. The molecule has 0 radical (unpaired) electrons. The summed E-state index contributed by atoms with van der Waals surface area (Å²) in [4.78, 5) is 5.68. The van der Waals surface area contributed by atoms with Gasteiger partial charge in [0.15, 0.2) is 4.96 Å². The Morgan fingerprint density at radius 2 is 2.21 bits per heavy atom. The van der Waals surface area contributed by atoms with Crippen molar-refractivity contribution in [1.29, 1.82) is 0 Å². The first-order valence-corrected chi connectivity index (χ1v) is 5.87. The van der Waals surface area contributed by atoms with Gasteiger partial charge in [-0.1, -0.05) is 20.8 Å². The van der Waals surface area contributed by atoms with Crippen LogP contribution in [0.2, 0.25) is 0 Å². The lowest BCUT2D eigenvalue weighted by Crippen LogP contribution is -2.19. The third-order valence-corrected chi connectivity index (χ3v) is 3.72. The second-order valence-electron chi connectivity index (χ2n) is 4.34. The number of thiazole rings is 1. The van der Waals surface area contributed by atoms with Gasteiger partial charge in [0.25, 0.3) is 0 Å². The van der Waals surface area contributed by atoms with Crippen LogP contribution in [0.1, 0.15) is 38.6 Å². The van der Waals surface area contributed by atoms with E-state index in [0.717, 1.165) is 11.4 Å². The van der Waals surface area contributed by atoms with Gasteiger partial charge in [0.05, 0.1) is 11.4 Å². The fraction of sp³-hybridized carbons (Fsp3) is 0.545. The molecule has 2 aromatic rings. The van der Waals surface area contributed by atoms with E-state index in [-0.39, 0.29) is 5.41 Å². The molecule has 2 aromatic heterocycles. The molecule has 0 bridgehead atoms. The van der Waals surface area contributed by atoms with E-state index in [9.17, 15) is 0 Å². The van der Waals surface area contributed by atoms with E-state index in [1.807, 2.05) is 0 Å². The largest absolute Gasteiger partial charge is 0.294 e. The molecule has 0 aromatic carbocycles. The van der Waals surface area contributed by atoms with Crippen LogP contribution in [0.25, 0.3) is 4.96 Å². The van der Waals surface area contributed by atoms with Gasteiger partial charge >= 0.3 is 0 Å². The lowest BCUT2D eigenvalue weighted by molar-refractivity contribution is 0.483. The van der Waals surface area contributed by atoms with Gasteiger partial charge in [-0.05, 0) is 13.3 Å². The second kappa shape index (κ2) is 3.09. The third-order valence-electron chi connectivity index (χ3n) is 2.96. The zero-order valence-electron chi connectivity index (χ0n) is 9.16. The van der Waals surface area contributed by atoms with Crippen LogP contribution in [0.5, 0.6) is 0 Å². The first-order valence-electron chi connectivity index (χ1n) is 4.99. The van der Waals surface area contributed by atoms with Crippen molar-refractivity contribution in [2.24, 2.45) is 0 Å². The fourth-order valence-electron chi connectivity index (χ4n) is 1.88. The lowest BCUT2D eigenvalue weighted by Gasteiger charge is -2.22. The van der Waals surface area contributed by atoms with Crippen molar-refractivity contribution in [2.75, 3.05) is 0 Å². The molecule has 2 rings (SSSR count). The molecule has 0 aliphatic rings. The second-order valence-corrected chi connectivity index (χ2v) is 5.21. The summed E-state index contributed by atoms with van der Waals surface area (Å²) in [7, 11) is 0. The summed E-state index contributed by atoms with van der Waals surface area (Å²) >= 11 is 1.70. The predicted octanol–water partition coefficient (Wildman–Crippen LogP) is 3.39. The minimum atomic E-state index is 0.213. The van der Waals surface area contributed by atoms with Gasteiger partial charge in [-0.2, -0.15) is 0 Å². The smallest absolute Gasteiger partial charge is 0.194 e. The Morgan fingerprint density at radius 1 is 1.50 bits per heavy atom. The zero-order valence-corrected chi connectivity index (χ0v) is 9.98. The summed E-state index contributed by atoms with van der Waals surface area (Å²) in [6.07, 6.45) is 3.25. The predicted molar refractivity (Wildman–Crippen MR) is 61.1 cm³/mol. The van der Waals surface area contributed by atoms with Crippen LogP contribution in [-0.4, -0.2) is 9.38 Å². The minimum absolute atomic E-state index is 0.213. The Bertz CT molecular complexity index is 451. The Hall–Kier alpha value is -0.830. The van der Waals surface area contributed by atoms with E-state index < -0.39 is 0 Å². The van der Waals surface area contributed by atoms with Gasteiger partial charge in [0.2, 0.25) is 0 Å². The van der Waals surface area contributed by atoms with Gasteiger partial charge in [0.1, 0.15) is 0 Å². The quantitative estimate of drug-likeness (QED) is 0.739. The molecule has 0 aliphatic carbocycles. The van der Waals surface area contributed by atoms with E-state index in [1.54, 1.807) is 11.3 Å². The van der Waals surface area contributed by atoms with Crippen molar-refractivity contribution < 1.29 is 0 Å². The van der Waals surface area contributed by atoms with Crippen molar-refractivity contribution in [3.63, 3.8) is 0 Å². The summed E-state index contributed by atoms with van der Waals surface area (Å²) in [6, 6.07) is 0. The van der Waals surface area contributed by atoms with E-state index in [4.69, 9.17) is 0 Å². The first kappa shape index (κ1) is 9.71. The van der Waals surface area contributed by atoms with E-state index in [0.29, 0.717) is 0 Å². The highest BCUT2D eigenvalue weighted by Crippen LogP contribution is 2.31. The molecule has 0 aliphatic heterocycles. The highest BCUT2D eigenvalue weighted by molar-refractivity contribution is 7.15. The molecule has 2 heterocycles. The van der Waals surface area contributed by atoms with Gasteiger partial charge in [-0.15, -0.1) is 11.3 Å². The van der Waals surface area contributed by atoms with Crippen molar-refractivity contribution in [3.8, 4) is 0 Å². The van der Waals surface area contributed by atoms with Crippen LogP contribution in [-0.2, 0) is 5.41 Å². The van der Waals surface area contributed by atoms with Crippen LogP contribution in [0, 0.1) is 6.92 Å². The van der Waals surface area contributed by atoms with Crippen molar-refractivity contribution >= 4 is 16.3 Å². The molecule has 0 unspecified atom stereocenters. The van der Waals surface area contributed by atoms with Crippen molar-refractivity contribution in [2.45, 2.75) is 39.5 Å². The number of hydrogen-bond acceptors (Lipinski definition) is 2. The van der Waals surface area contributed by atoms with E-state index >= 15 is 0 Å². The molecule has 76 valence electrons. The van der Waals surface area contributed by atoms with Crippen LogP contribution in [0.3, 0.4) is 0 Å². The van der Waals surface area contributed by atoms with Gasteiger partial charge in [-0.3, -0.25) is 4.40 Å². The number of fused-ring (bicyclic) bond motifs is 1. The summed E-state index contributed by atoms with van der Waals surface area (Å²) < 4.78 is 2.23. The molecule has 0 atom stereocenters. The highest BCUT2D eigenvalue weighted by Gasteiger charge is 2.25. The van der Waals surface area contributed by atoms with Crippen molar-refractivity contribution in [3.05, 3.63) is 23.0 Å². The molecule has 0 amide bonds. The maximum atomic E-state index is 4.57. The molecule has 0 saturated carbocycles. The van der Waals surface area contributed by atoms with Gasteiger partial charge in [0, 0.05) is 17.0 Å². The Morgan fingerprint density at radius 3 is 2.86 bits per heavy atom. The number of imidazole rings is 1. The first-order chi connectivity index (χ1) is 6.56. The molecule has 0 spiro atoms. The Balaban J connectivity index is 2.70. The minimum Gasteiger partial charge on any atom is -0.294 e. The topological polar surface area (TPSA) is 17.3 Å². The number of aromatic nitrogens is 2. The maximum Gasteiger partial charge on any atom is 0.194 e. The Kier molecular flexibility index (Phi) is 2.14. The number of nitrogens with zero attached hydrogens (tertiary/aromatic N) is 2. The summed E-state index contributed by atoms with van der Waals surface area (Å²) in [5.74, 6) is 0. The van der Waals surface area contributed by atoms with E-state index in [2.05, 4.69) is 48.7 Å². The average molecular weight is 208 g/mol. The molecule has 0 saturated heterocycles. The third kappa shape index (κ3) is 1.27. The van der Waals surface area contributed by atoms with E-state index in [1.165, 1.54) is 11.4 Å². The maximum absolute atomic E-state index is 4.57. The lowest BCUT2D eigenvalue weighted by atomic mass is 9.85. The fourth-order valence-corrected chi connectivity index (χ4v) is 2.64. The summed E-state index contributed by atoms with van der Waals surface area (Å²) in [5, 5.41) is 2.09. The summed E-state index contributed by atoms with van der Waals surface area (Å²) in [5.41, 5.74) is 2.74. The summed E-state index contributed by atoms with van der Waals surface area (Å²) in [6.45, 7) is 8.89. The number of aryl methyl sites for hydroxylation is 1. The molecule has 0 N–H and O–H groups in total. The number of rotatable bonds is 2. The van der Waals surface area contributed by atoms with Crippen LogP contribution >= 0.6 is 11.3 Å². The SMILES string of the molecule is CCC(C)(C)c1c(C)nc2sccn12. The van der Waals surface area contributed by atoms with Crippen molar-refractivity contribution in [1.82, 2.24) is 9.38 Å². The monoisotopic (exact) mass is 208 g/mol. The van der Waals surface area contributed by atoms with Gasteiger partial charge in [-0.25, -0.2) is 4.98 Å². The Labute approximate surface area is 88.6 Å². The molecule has 0 fully saturated rings. The average Bonchev–Trinajstić information content (AvgIpc) is 2.62. The van der Waals surface area contributed by atoms with Gasteiger partial charge < -0.3 is 0 Å². The molecule has 3 heteroatoms. The molecular formula is C11H16N2S. The van der Waals surface area contributed by atoms with Crippen LogP contribution in [0.4, 0.5) is 0 Å². The number of hydrogen-bond donors (Lipinski definition) is 0. The van der Waals surface area contributed by atoms with Crippen LogP contribution in [0.15, 0.2) is 11.6 Å². The normalized spacial score (nSPS) is 12.6. The molecular weight excluding hydrogens is 192 g/mol. The van der Waals surface area contributed by atoms with Crippen LogP contribution < -0.4 is 0 Å². The standard InChI is InChI=1S/C11H16N2S/c1-5-11(3,4)9-8(2)12-10-13(9)6-7-14-10/h6-7H,5H2,1-4H3. The molecule has 2 nitrogen and oxygen atoms in total. The highest BCUT2D eigenvalue weighted by atomic mass is 32.1. The zero-order chi connectivity index (χ0) is 10.3.